The molecule has 2 aromatic rings. The van der Waals surface area contributed by atoms with Crippen LogP contribution in [0.25, 0.3) is 0 Å². The average molecular weight is 418 g/mol. The first-order chi connectivity index (χ1) is 10.0. The van der Waals surface area contributed by atoms with Crippen molar-refractivity contribution in [3.63, 3.8) is 0 Å². The molecule has 2 nitrogen and oxygen atoms in total. The largest absolute Gasteiger partial charge is 0.395 e. The molecule has 0 bridgehead atoms. The van der Waals surface area contributed by atoms with E-state index in [0.717, 1.165) is 10.0 Å². The fraction of sp³-hybridized carbons (Fsp3) is 0.250. The molecule has 0 atom stereocenters. The Morgan fingerprint density at radius 2 is 1.57 bits per heavy atom. The van der Waals surface area contributed by atoms with Crippen LogP contribution in [0.3, 0.4) is 0 Å². The zero-order valence-electron chi connectivity index (χ0n) is 11.2. The van der Waals surface area contributed by atoms with Crippen LogP contribution in [-0.4, -0.2) is 23.4 Å². The Hall–Kier alpha value is -0.750. The number of aliphatic hydroxyl groups is 2. The fourth-order valence-electron chi connectivity index (χ4n) is 2.30. The summed E-state index contributed by atoms with van der Waals surface area (Å²) in [5.41, 5.74) is 0.671. The van der Waals surface area contributed by atoms with Gasteiger partial charge in [-0.2, -0.15) is 0 Å². The Bertz CT molecular complexity index is 610. The lowest BCUT2D eigenvalue weighted by molar-refractivity contribution is 0.116. The molecule has 2 rings (SSSR count). The summed E-state index contributed by atoms with van der Waals surface area (Å²) in [5, 5.41) is 19.7. The molecular formula is C16H15Br2FO2. The van der Waals surface area contributed by atoms with Crippen LogP contribution in [0.5, 0.6) is 0 Å². The minimum atomic E-state index is -0.850. The Balaban J connectivity index is 2.43. The third-order valence-corrected chi connectivity index (χ3v) is 5.04. The van der Waals surface area contributed by atoms with Gasteiger partial charge >= 0.3 is 0 Å². The van der Waals surface area contributed by atoms with Gasteiger partial charge in [0.2, 0.25) is 0 Å². The van der Waals surface area contributed by atoms with E-state index in [1.807, 2.05) is 24.3 Å². The van der Waals surface area contributed by atoms with E-state index in [1.54, 1.807) is 12.1 Å². The summed E-state index contributed by atoms with van der Waals surface area (Å²) in [6.07, 6.45) is 0.333. The highest BCUT2D eigenvalue weighted by atomic mass is 79.9. The van der Waals surface area contributed by atoms with E-state index in [4.69, 9.17) is 0 Å². The minimum Gasteiger partial charge on any atom is -0.395 e. The summed E-state index contributed by atoms with van der Waals surface area (Å²) in [5.74, 6) is -0.354. The quantitative estimate of drug-likeness (QED) is 0.776. The van der Waals surface area contributed by atoms with E-state index >= 15 is 0 Å². The van der Waals surface area contributed by atoms with E-state index in [9.17, 15) is 14.6 Å². The SMILES string of the molecule is OCC(CO)(Cc1cccc(F)c1Br)c1ccc(Br)cc1. The van der Waals surface area contributed by atoms with Crippen molar-refractivity contribution < 1.29 is 14.6 Å². The van der Waals surface area contributed by atoms with Crippen LogP contribution in [0.2, 0.25) is 0 Å². The summed E-state index contributed by atoms with van der Waals surface area (Å²) >= 11 is 6.59. The van der Waals surface area contributed by atoms with Crippen LogP contribution < -0.4 is 0 Å². The number of halogens is 3. The first kappa shape index (κ1) is 16.6. The van der Waals surface area contributed by atoms with E-state index in [0.29, 0.717) is 16.5 Å². The van der Waals surface area contributed by atoms with Crippen molar-refractivity contribution in [3.05, 3.63) is 68.4 Å². The van der Waals surface area contributed by atoms with Crippen LogP contribution in [0.4, 0.5) is 4.39 Å². The molecule has 0 saturated heterocycles. The summed E-state index contributed by atoms with van der Waals surface area (Å²) < 4.78 is 14.9. The molecule has 0 amide bonds. The summed E-state index contributed by atoms with van der Waals surface area (Å²) in [6, 6.07) is 12.2. The number of aliphatic hydroxyl groups excluding tert-OH is 2. The first-order valence-corrected chi connectivity index (χ1v) is 8.01. The van der Waals surface area contributed by atoms with Crippen molar-refractivity contribution in [1.82, 2.24) is 0 Å². The van der Waals surface area contributed by atoms with E-state index in [1.165, 1.54) is 6.07 Å². The maximum absolute atomic E-state index is 13.6. The lowest BCUT2D eigenvalue weighted by atomic mass is 9.77. The minimum absolute atomic E-state index is 0.228. The molecule has 0 saturated carbocycles. The van der Waals surface area contributed by atoms with Crippen molar-refractivity contribution in [3.8, 4) is 0 Å². The van der Waals surface area contributed by atoms with Crippen LogP contribution in [0.1, 0.15) is 11.1 Å². The van der Waals surface area contributed by atoms with E-state index < -0.39 is 5.41 Å². The van der Waals surface area contributed by atoms with Crippen LogP contribution in [0.15, 0.2) is 51.4 Å². The van der Waals surface area contributed by atoms with Gasteiger partial charge in [0.1, 0.15) is 5.82 Å². The molecule has 0 aromatic heterocycles. The number of benzene rings is 2. The Morgan fingerprint density at radius 1 is 0.952 bits per heavy atom. The van der Waals surface area contributed by atoms with Gasteiger partial charge in [-0.15, -0.1) is 0 Å². The Morgan fingerprint density at radius 3 is 2.14 bits per heavy atom. The number of hydrogen-bond donors (Lipinski definition) is 2. The zero-order chi connectivity index (χ0) is 15.5. The molecule has 5 heteroatoms. The normalized spacial score (nSPS) is 11.7. The molecule has 0 aliphatic heterocycles. The molecule has 0 radical (unpaired) electrons. The van der Waals surface area contributed by atoms with Crippen molar-refractivity contribution in [2.75, 3.05) is 13.2 Å². The van der Waals surface area contributed by atoms with Crippen molar-refractivity contribution in [2.45, 2.75) is 11.8 Å². The van der Waals surface area contributed by atoms with Crippen molar-refractivity contribution in [2.24, 2.45) is 0 Å². The molecule has 2 aromatic carbocycles. The van der Waals surface area contributed by atoms with Crippen LogP contribution in [0, 0.1) is 5.82 Å². The molecule has 0 unspecified atom stereocenters. The van der Waals surface area contributed by atoms with Gasteiger partial charge in [0.15, 0.2) is 0 Å². The van der Waals surface area contributed by atoms with Gasteiger partial charge in [-0.25, -0.2) is 4.39 Å². The Kier molecular flexibility index (Phi) is 5.54. The van der Waals surface area contributed by atoms with Gasteiger partial charge in [0.25, 0.3) is 0 Å². The van der Waals surface area contributed by atoms with Gasteiger partial charge in [0.05, 0.1) is 17.7 Å². The maximum atomic E-state index is 13.6. The van der Waals surface area contributed by atoms with Crippen LogP contribution in [-0.2, 0) is 11.8 Å². The molecule has 2 N–H and O–H groups in total. The number of hydrogen-bond acceptors (Lipinski definition) is 2. The van der Waals surface area contributed by atoms with E-state index in [2.05, 4.69) is 31.9 Å². The summed E-state index contributed by atoms with van der Waals surface area (Å²) in [6.45, 7) is -0.456. The lowest BCUT2D eigenvalue weighted by Crippen LogP contribution is -2.37. The second-order valence-electron chi connectivity index (χ2n) is 4.99. The zero-order valence-corrected chi connectivity index (χ0v) is 14.4. The molecule has 21 heavy (non-hydrogen) atoms. The second kappa shape index (κ2) is 7.01. The highest BCUT2D eigenvalue weighted by Gasteiger charge is 2.32. The predicted octanol–water partition coefficient (Wildman–Crippen LogP) is 3.82. The molecule has 0 aliphatic carbocycles. The predicted molar refractivity (Wildman–Crippen MR) is 87.8 cm³/mol. The number of rotatable bonds is 5. The summed E-state index contributed by atoms with van der Waals surface area (Å²) in [7, 11) is 0. The van der Waals surface area contributed by atoms with Gasteiger partial charge in [-0.1, -0.05) is 40.2 Å². The standard InChI is InChI=1S/C16H15Br2FO2/c17-13-6-4-12(5-7-13)16(9-20,10-21)8-11-2-1-3-14(19)15(11)18/h1-7,20-21H,8-10H2. The smallest absolute Gasteiger partial charge is 0.137 e. The lowest BCUT2D eigenvalue weighted by Gasteiger charge is -2.31. The topological polar surface area (TPSA) is 40.5 Å². The molecule has 0 spiro atoms. The van der Waals surface area contributed by atoms with Crippen LogP contribution >= 0.6 is 31.9 Å². The molecule has 0 aliphatic rings. The molecule has 0 heterocycles. The third-order valence-electron chi connectivity index (χ3n) is 3.62. The highest BCUT2D eigenvalue weighted by molar-refractivity contribution is 9.10. The van der Waals surface area contributed by atoms with E-state index in [-0.39, 0.29) is 19.0 Å². The molecular weight excluding hydrogens is 403 g/mol. The van der Waals surface area contributed by atoms with Gasteiger partial charge in [0, 0.05) is 9.89 Å². The van der Waals surface area contributed by atoms with Gasteiger partial charge < -0.3 is 10.2 Å². The monoisotopic (exact) mass is 416 g/mol. The molecule has 112 valence electrons. The van der Waals surface area contributed by atoms with Gasteiger partial charge in [-0.3, -0.25) is 0 Å². The average Bonchev–Trinajstić information content (AvgIpc) is 2.50. The fourth-order valence-corrected chi connectivity index (χ4v) is 2.97. The molecule has 0 fully saturated rings. The van der Waals surface area contributed by atoms with Crippen molar-refractivity contribution >= 4 is 31.9 Å². The van der Waals surface area contributed by atoms with Crippen molar-refractivity contribution in [1.29, 1.82) is 0 Å². The third kappa shape index (κ3) is 3.54. The first-order valence-electron chi connectivity index (χ1n) is 6.43. The second-order valence-corrected chi connectivity index (χ2v) is 6.70. The maximum Gasteiger partial charge on any atom is 0.137 e. The summed E-state index contributed by atoms with van der Waals surface area (Å²) in [4.78, 5) is 0. The van der Waals surface area contributed by atoms with Gasteiger partial charge in [-0.05, 0) is 51.7 Å². The Labute approximate surface area is 139 Å². The highest BCUT2D eigenvalue weighted by Crippen LogP contribution is 2.32.